The Labute approximate surface area is 125 Å². The van der Waals surface area contributed by atoms with Gasteiger partial charge in [-0.1, -0.05) is 15.9 Å². The van der Waals surface area contributed by atoms with Gasteiger partial charge in [0.2, 0.25) is 0 Å². The number of anilines is 1. The molecule has 0 atom stereocenters. The van der Waals surface area contributed by atoms with Crippen LogP contribution in [-0.2, 0) is 13.1 Å². The van der Waals surface area contributed by atoms with Crippen molar-refractivity contribution in [3.05, 3.63) is 61.8 Å². The van der Waals surface area contributed by atoms with Crippen molar-refractivity contribution in [1.29, 1.82) is 0 Å². The Balaban J connectivity index is 2.06. The van der Waals surface area contributed by atoms with Crippen LogP contribution in [0.1, 0.15) is 6.92 Å². The van der Waals surface area contributed by atoms with Crippen LogP contribution in [-0.4, -0.2) is 15.7 Å². The summed E-state index contributed by atoms with van der Waals surface area (Å²) < 4.78 is 3.77. The molecule has 0 aliphatic heterocycles. The third kappa shape index (κ3) is 3.39. The zero-order valence-electron chi connectivity index (χ0n) is 11.2. The summed E-state index contributed by atoms with van der Waals surface area (Å²) >= 11 is 3.37. The van der Waals surface area contributed by atoms with Gasteiger partial charge in [0.1, 0.15) is 0 Å². The van der Waals surface area contributed by atoms with E-state index in [0.717, 1.165) is 10.2 Å². The van der Waals surface area contributed by atoms with Crippen LogP contribution < -0.4 is 16.6 Å². The molecule has 0 fully saturated rings. The summed E-state index contributed by atoms with van der Waals surface area (Å²) in [6, 6.07) is 9.15. The quantitative estimate of drug-likeness (QED) is 0.906. The summed E-state index contributed by atoms with van der Waals surface area (Å²) in [4.78, 5) is 23.7. The van der Waals surface area contributed by atoms with E-state index < -0.39 is 0 Å². The molecule has 2 aromatic rings. The number of rotatable bonds is 5. The molecule has 1 aromatic carbocycles. The van der Waals surface area contributed by atoms with Gasteiger partial charge in [-0.2, -0.15) is 0 Å². The third-order valence-corrected chi connectivity index (χ3v) is 3.52. The standard InChI is InChI=1S/C14H16BrN3O2/c1-2-17-9-7-13(19)18(14(17)20)10-8-16-12-5-3-11(15)4-6-12/h3-7,9,16H,2,8,10H2,1H3. The molecule has 0 spiro atoms. The number of aryl methyl sites for hydroxylation is 1. The minimum Gasteiger partial charge on any atom is -0.383 e. The van der Waals surface area contributed by atoms with E-state index in [4.69, 9.17) is 0 Å². The summed E-state index contributed by atoms with van der Waals surface area (Å²) in [5.41, 5.74) is 0.419. The molecule has 0 saturated carbocycles. The lowest BCUT2D eigenvalue weighted by Gasteiger charge is -2.10. The number of nitrogens with one attached hydrogen (secondary N) is 1. The normalized spacial score (nSPS) is 10.5. The lowest BCUT2D eigenvalue weighted by Crippen LogP contribution is -2.40. The topological polar surface area (TPSA) is 56.0 Å². The van der Waals surface area contributed by atoms with Gasteiger partial charge in [0.05, 0.1) is 0 Å². The molecule has 0 saturated heterocycles. The van der Waals surface area contributed by atoms with E-state index in [-0.39, 0.29) is 11.2 Å². The van der Waals surface area contributed by atoms with Crippen molar-refractivity contribution in [2.24, 2.45) is 0 Å². The van der Waals surface area contributed by atoms with E-state index in [1.54, 1.807) is 0 Å². The maximum Gasteiger partial charge on any atom is 0.331 e. The first-order valence-corrected chi connectivity index (χ1v) is 7.21. The molecule has 0 unspecified atom stereocenters. The summed E-state index contributed by atoms with van der Waals surface area (Å²) in [5.74, 6) is 0. The summed E-state index contributed by atoms with van der Waals surface area (Å²) in [6.45, 7) is 3.29. The largest absolute Gasteiger partial charge is 0.383 e. The highest BCUT2D eigenvalue weighted by molar-refractivity contribution is 9.10. The van der Waals surface area contributed by atoms with Crippen molar-refractivity contribution >= 4 is 21.6 Å². The summed E-state index contributed by atoms with van der Waals surface area (Å²) in [7, 11) is 0. The van der Waals surface area contributed by atoms with Crippen molar-refractivity contribution in [3.8, 4) is 0 Å². The van der Waals surface area contributed by atoms with Crippen molar-refractivity contribution in [3.63, 3.8) is 0 Å². The number of hydrogen-bond acceptors (Lipinski definition) is 3. The molecule has 1 heterocycles. The molecule has 5 nitrogen and oxygen atoms in total. The number of halogens is 1. The van der Waals surface area contributed by atoms with Gasteiger partial charge in [-0.05, 0) is 31.2 Å². The first-order valence-electron chi connectivity index (χ1n) is 6.41. The molecule has 0 amide bonds. The van der Waals surface area contributed by atoms with Crippen LogP contribution in [0, 0.1) is 0 Å². The minimum absolute atomic E-state index is 0.266. The molecule has 0 aliphatic rings. The maximum absolute atomic E-state index is 12.0. The van der Waals surface area contributed by atoms with E-state index in [2.05, 4.69) is 21.2 Å². The fourth-order valence-electron chi connectivity index (χ4n) is 1.88. The van der Waals surface area contributed by atoms with Gasteiger partial charge in [-0.3, -0.25) is 9.36 Å². The Bertz CT molecular complexity index is 689. The Morgan fingerprint density at radius 1 is 1.15 bits per heavy atom. The molecule has 0 aliphatic carbocycles. The molecule has 1 N–H and O–H groups in total. The van der Waals surface area contributed by atoms with Gasteiger partial charge in [0, 0.05) is 42.1 Å². The highest BCUT2D eigenvalue weighted by atomic mass is 79.9. The smallest absolute Gasteiger partial charge is 0.331 e. The molecule has 0 bridgehead atoms. The van der Waals surface area contributed by atoms with Crippen LogP contribution in [0.25, 0.3) is 0 Å². The second-order valence-electron chi connectivity index (χ2n) is 4.31. The minimum atomic E-state index is -0.266. The van der Waals surface area contributed by atoms with Crippen LogP contribution in [0.2, 0.25) is 0 Å². The maximum atomic E-state index is 12.0. The summed E-state index contributed by atoms with van der Waals surface area (Å²) in [5, 5.41) is 3.18. The Kier molecular flexibility index (Phi) is 4.79. The predicted molar refractivity (Wildman–Crippen MR) is 83.3 cm³/mol. The Morgan fingerprint density at radius 2 is 1.85 bits per heavy atom. The monoisotopic (exact) mass is 337 g/mol. The molecule has 0 radical (unpaired) electrons. The van der Waals surface area contributed by atoms with Crippen molar-refractivity contribution < 1.29 is 0 Å². The van der Waals surface area contributed by atoms with Crippen LogP contribution in [0.15, 0.2) is 50.6 Å². The van der Waals surface area contributed by atoms with Crippen molar-refractivity contribution in [1.82, 2.24) is 9.13 Å². The van der Waals surface area contributed by atoms with Gasteiger partial charge in [0.15, 0.2) is 0 Å². The first kappa shape index (κ1) is 14.6. The predicted octanol–water partition coefficient (Wildman–Crippen LogP) is 1.90. The van der Waals surface area contributed by atoms with E-state index in [1.165, 1.54) is 21.4 Å². The van der Waals surface area contributed by atoms with E-state index >= 15 is 0 Å². The molecule has 2 rings (SSSR count). The average molecular weight is 338 g/mol. The van der Waals surface area contributed by atoms with E-state index in [1.807, 2.05) is 31.2 Å². The molecule has 20 heavy (non-hydrogen) atoms. The van der Waals surface area contributed by atoms with Crippen LogP contribution >= 0.6 is 15.9 Å². The van der Waals surface area contributed by atoms with E-state index in [9.17, 15) is 9.59 Å². The van der Waals surface area contributed by atoms with Crippen molar-refractivity contribution in [2.45, 2.75) is 20.0 Å². The number of aromatic nitrogens is 2. The molecular formula is C14H16BrN3O2. The molecule has 6 heteroatoms. The zero-order valence-corrected chi connectivity index (χ0v) is 12.8. The van der Waals surface area contributed by atoms with Crippen LogP contribution in [0.3, 0.4) is 0 Å². The first-order chi connectivity index (χ1) is 9.61. The van der Waals surface area contributed by atoms with Crippen molar-refractivity contribution in [2.75, 3.05) is 11.9 Å². The highest BCUT2D eigenvalue weighted by Crippen LogP contribution is 2.13. The zero-order chi connectivity index (χ0) is 14.5. The number of nitrogens with zero attached hydrogens (tertiary/aromatic N) is 2. The fourth-order valence-corrected chi connectivity index (χ4v) is 2.15. The van der Waals surface area contributed by atoms with E-state index in [0.29, 0.717) is 19.6 Å². The van der Waals surface area contributed by atoms with Crippen LogP contribution in [0.4, 0.5) is 5.69 Å². The number of benzene rings is 1. The lowest BCUT2D eigenvalue weighted by atomic mass is 10.3. The fraction of sp³-hybridized carbons (Fsp3) is 0.286. The third-order valence-electron chi connectivity index (χ3n) is 2.99. The SMILES string of the molecule is CCn1ccc(=O)n(CCNc2ccc(Br)cc2)c1=O. The van der Waals surface area contributed by atoms with Gasteiger partial charge >= 0.3 is 5.69 Å². The molecular weight excluding hydrogens is 322 g/mol. The van der Waals surface area contributed by atoms with Crippen LogP contribution in [0.5, 0.6) is 0 Å². The lowest BCUT2D eigenvalue weighted by molar-refractivity contribution is 0.577. The second-order valence-corrected chi connectivity index (χ2v) is 5.22. The Hall–Kier alpha value is -1.82. The van der Waals surface area contributed by atoms with Gasteiger partial charge in [-0.25, -0.2) is 4.79 Å². The molecule has 1 aromatic heterocycles. The highest BCUT2D eigenvalue weighted by Gasteiger charge is 2.03. The second kappa shape index (κ2) is 6.56. The summed E-state index contributed by atoms with van der Waals surface area (Å²) in [6.07, 6.45) is 1.53. The number of hydrogen-bond donors (Lipinski definition) is 1. The van der Waals surface area contributed by atoms with Gasteiger partial charge < -0.3 is 9.88 Å². The molecule has 106 valence electrons. The Morgan fingerprint density at radius 3 is 2.50 bits per heavy atom. The van der Waals surface area contributed by atoms with Gasteiger partial charge in [0.25, 0.3) is 5.56 Å². The van der Waals surface area contributed by atoms with Gasteiger partial charge in [-0.15, -0.1) is 0 Å². The average Bonchev–Trinajstić information content (AvgIpc) is 2.44.